The summed E-state index contributed by atoms with van der Waals surface area (Å²) in [5.74, 6) is 1.42. The van der Waals surface area contributed by atoms with E-state index in [9.17, 15) is 0 Å². The molecule has 0 aliphatic heterocycles. The Hall–Kier alpha value is -0.780. The van der Waals surface area contributed by atoms with Crippen molar-refractivity contribution in [1.82, 2.24) is 0 Å². The molecule has 1 rings (SSSR count). The van der Waals surface area contributed by atoms with E-state index in [1.807, 2.05) is 12.1 Å². The Morgan fingerprint density at radius 2 is 2.00 bits per heavy atom. The van der Waals surface area contributed by atoms with Crippen LogP contribution in [-0.4, -0.2) is 0 Å². The molecule has 1 aromatic rings. The van der Waals surface area contributed by atoms with E-state index in [1.54, 1.807) is 0 Å². The fraction of sp³-hybridized carbons (Fsp3) is 0.500. The smallest absolute Gasteiger partial charge is 0.0146 e. The molecule has 0 saturated carbocycles. The lowest BCUT2D eigenvalue weighted by Gasteiger charge is -2.13. The fourth-order valence-corrected chi connectivity index (χ4v) is 1.55. The zero-order valence-electron chi connectivity index (χ0n) is 8.17. The second-order valence-corrected chi connectivity index (χ2v) is 3.85. The van der Waals surface area contributed by atoms with Crippen LogP contribution in [0.3, 0.4) is 0 Å². The predicted octanol–water partition coefficient (Wildman–Crippen LogP) is 3.64. The lowest BCUT2D eigenvalue weighted by Crippen LogP contribution is -1.98. The zero-order chi connectivity index (χ0) is 8.97. The molecule has 0 aliphatic rings. The maximum atomic E-state index is 3.27. The minimum atomic E-state index is 0.645. The van der Waals surface area contributed by atoms with Crippen LogP contribution in [0.5, 0.6) is 0 Å². The first-order valence-electron chi connectivity index (χ1n) is 4.66. The Kier molecular flexibility index (Phi) is 3.33. The van der Waals surface area contributed by atoms with Crippen molar-refractivity contribution in [3.8, 4) is 0 Å². The van der Waals surface area contributed by atoms with Crippen molar-refractivity contribution in [2.24, 2.45) is 5.92 Å². The van der Waals surface area contributed by atoms with Gasteiger partial charge in [-0.05, 0) is 29.9 Å². The van der Waals surface area contributed by atoms with Gasteiger partial charge in [-0.25, -0.2) is 0 Å². The summed E-state index contributed by atoms with van der Waals surface area (Å²) in [7, 11) is 0. The van der Waals surface area contributed by atoms with Gasteiger partial charge in [0.25, 0.3) is 0 Å². The molecule has 65 valence electrons. The quantitative estimate of drug-likeness (QED) is 0.635. The fourth-order valence-electron chi connectivity index (χ4n) is 1.55. The molecule has 1 aromatic carbocycles. The lowest BCUT2D eigenvalue weighted by molar-refractivity contribution is 0.523. The topological polar surface area (TPSA) is 0 Å². The first-order valence-corrected chi connectivity index (χ1v) is 4.66. The average molecular weight is 161 g/mol. The average Bonchev–Trinajstić information content (AvgIpc) is 2.05. The SMILES string of the molecule is CC(C)CC(C)c1[c]cccc1. The lowest BCUT2D eigenvalue weighted by atomic mass is 9.92. The highest BCUT2D eigenvalue weighted by atomic mass is 14.1. The van der Waals surface area contributed by atoms with E-state index < -0.39 is 0 Å². The first-order chi connectivity index (χ1) is 5.70. The molecule has 1 unspecified atom stereocenters. The molecule has 0 aromatic heterocycles. The molecule has 12 heavy (non-hydrogen) atoms. The van der Waals surface area contributed by atoms with E-state index in [2.05, 4.69) is 39.0 Å². The van der Waals surface area contributed by atoms with E-state index in [1.165, 1.54) is 12.0 Å². The van der Waals surface area contributed by atoms with Gasteiger partial charge in [0.05, 0.1) is 0 Å². The van der Waals surface area contributed by atoms with Gasteiger partial charge < -0.3 is 0 Å². The summed E-state index contributed by atoms with van der Waals surface area (Å²) >= 11 is 0. The van der Waals surface area contributed by atoms with Gasteiger partial charge in [0, 0.05) is 0 Å². The van der Waals surface area contributed by atoms with Crippen LogP contribution < -0.4 is 0 Å². The highest BCUT2D eigenvalue weighted by Gasteiger charge is 2.06. The second-order valence-electron chi connectivity index (χ2n) is 3.85. The summed E-state index contributed by atoms with van der Waals surface area (Å²) in [6.07, 6.45) is 1.25. The van der Waals surface area contributed by atoms with E-state index in [0.29, 0.717) is 5.92 Å². The van der Waals surface area contributed by atoms with Crippen molar-refractivity contribution >= 4 is 0 Å². The van der Waals surface area contributed by atoms with Crippen molar-refractivity contribution in [3.05, 3.63) is 35.9 Å². The molecule has 0 heteroatoms. The molecule has 0 bridgehead atoms. The van der Waals surface area contributed by atoms with Crippen LogP contribution in [0, 0.1) is 12.0 Å². The molecule has 1 atom stereocenters. The third-order valence-electron chi connectivity index (χ3n) is 2.09. The minimum absolute atomic E-state index is 0.645. The number of hydrogen-bond donors (Lipinski definition) is 0. The van der Waals surface area contributed by atoms with Crippen LogP contribution in [0.4, 0.5) is 0 Å². The largest absolute Gasteiger partial charge is 0.0628 e. The molecular formula is C12H17. The standard InChI is InChI=1S/C12H17/c1-10(2)9-11(3)12-7-5-4-6-8-12/h4-7,10-11H,9H2,1-3H3. The number of hydrogen-bond acceptors (Lipinski definition) is 0. The predicted molar refractivity (Wildman–Crippen MR) is 53.1 cm³/mol. The third-order valence-corrected chi connectivity index (χ3v) is 2.09. The van der Waals surface area contributed by atoms with E-state index in [-0.39, 0.29) is 0 Å². The van der Waals surface area contributed by atoms with Gasteiger partial charge in [0.2, 0.25) is 0 Å². The van der Waals surface area contributed by atoms with Gasteiger partial charge in [-0.1, -0.05) is 45.0 Å². The molecular weight excluding hydrogens is 144 g/mol. The van der Waals surface area contributed by atoms with Crippen LogP contribution in [0.25, 0.3) is 0 Å². The van der Waals surface area contributed by atoms with Crippen LogP contribution in [0.1, 0.15) is 38.7 Å². The normalized spacial score (nSPS) is 13.3. The maximum absolute atomic E-state index is 3.27. The number of rotatable bonds is 3. The van der Waals surface area contributed by atoms with Gasteiger partial charge in [0.15, 0.2) is 0 Å². The Bertz CT molecular complexity index is 211. The minimum Gasteiger partial charge on any atom is -0.0628 e. The van der Waals surface area contributed by atoms with E-state index in [4.69, 9.17) is 0 Å². The molecule has 0 nitrogen and oxygen atoms in total. The van der Waals surface area contributed by atoms with Crippen molar-refractivity contribution in [2.75, 3.05) is 0 Å². The first kappa shape index (κ1) is 9.31. The van der Waals surface area contributed by atoms with Crippen molar-refractivity contribution < 1.29 is 0 Å². The Morgan fingerprint density at radius 3 is 2.50 bits per heavy atom. The van der Waals surface area contributed by atoms with Gasteiger partial charge in [-0.3, -0.25) is 0 Å². The molecule has 0 fully saturated rings. The third kappa shape index (κ3) is 2.69. The molecule has 0 aliphatic carbocycles. The highest BCUT2D eigenvalue weighted by Crippen LogP contribution is 2.21. The molecule has 0 N–H and O–H groups in total. The van der Waals surface area contributed by atoms with Crippen molar-refractivity contribution in [1.29, 1.82) is 0 Å². The van der Waals surface area contributed by atoms with Crippen LogP contribution in [0.2, 0.25) is 0 Å². The highest BCUT2D eigenvalue weighted by molar-refractivity contribution is 5.17. The monoisotopic (exact) mass is 161 g/mol. The van der Waals surface area contributed by atoms with Crippen LogP contribution >= 0.6 is 0 Å². The van der Waals surface area contributed by atoms with Crippen molar-refractivity contribution in [2.45, 2.75) is 33.1 Å². The second kappa shape index (κ2) is 4.30. The Morgan fingerprint density at radius 1 is 1.25 bits per heavy atom. The maximum Gasteiger partial charge on any atom is -0.0146 e. The number of benzene rings is 1. The van der Waals surface area contributed by atoms with Gasteiger partial charge in [0.1, 0.15) is 0 Å². The van der Waals surface area contributed by atoms with Crippen LogP contribution in [-0.2, 0) is 0 Å². The van der Waals surface area contributed by atoms with E-state index in [0.717, 1.165) is 5.92 Å². The van der Waals surface area contributed by atoms with Gasteiger partial charge in [-0.15, -0.1) is 0 Å². The molecule has 0 heterocycles. The molecule has 0 amide bonds. The summed E-state index contributed by atoms with van der Waals surface area (Å²) < 4.78 is 0. The summed E-state index contributed by atoms with van der Waals surface area (Å²) in [6, 6.07) is 11.5. The summed E-state index contributed by atoms with van der Waals surface area (Å²) in [5.41, 5.74) is 1.34. The summed E-state index contributed by atoms with van der Waals surface area (Å²) in [5, 5.41) is 0. The molecule has 1 radical (unpaired) electrons. The van der Waals surface area contributed by atoms with Gasteiger partial charge >= 0.3 is 0 Å². The van der Waals surface area contributed by atoms with E-state index >= 15 is 0 Å². The Balaban J connectivity index is 2.59. The van der Waals surface area contributed by atoms with Crippen LogP contribution in [0.15, 0.2) is 24.3 Å². The summed E-state index contributed by atoms with van der Waals surface area (Å²) in [4.78, 5) is 0. The Labute approximate surface area is 75.6 Å². The molecule has 0 spiro atoms. The van der Waals surface area contributed by atoms with Gasteiger partial charge in [-0.2, -0.15) is 0 Å². The van der Waals surface area contributed by atoms with Crippen molar-refractivity contribution in [3.63, 3.8) is 0 Å². The molecule has 0 saturated heterocycles. The summed E-state index contributed by atoms with van der Waals surface area (Å²) in [6.45, 7) is 6.80. The zero-order valence-corrected chi connectivity index (χ0v) is 8.17.